The molecule has 6 rings (SSSR count). The van der Waals surface area contributed by atoms with Crippen LogP contribution in [0.25, 0.3) is 0 Å². The van der Waals surface area contributed by atoms with Crippen molar-refractivity contribution in [2.75, 3.05) is 43.6 Å². The third-order valence-corrected chi connectivity index (χ3v) is 9.63. The van der Waals surface area contributed by atoms with E-state index in [0.717, 1.165) is 57.3 Å². The number of primary amides is 2. The van der Waals surface area contributed by atoms with Crippen LogP contribution in [0, 0.1) is 0 Å². The highest BCUT2D eigenvalue weighted by atomic mass is 16.5. The van der Waals surface area contributed by atoms with Gasteiger partial charge in [-0.25, -0.2) is 4.99 Å². The quantitative estimate of drug-likeness (QED) is 0.0615. The van der Waals surface area contributed by atoms with E-state index in [9.17, 15) is 9.59 Å². The summed E-state index contributed by atoms with van der Waals surface area (Å²) in [6.07, 6.45) is 6.41. The maximum Gasteiger partial charge on any atom is 0.248 e. The Labute approximate surface area is 340 Å². The van der Waals surface area contributed by atoms with Crippen molar-refractivity contribution in [1.29, 1.82) is 0 Å². The molecule has 14 nitrogen and oxygen atoms in total. The SMILES string of the molecule is CC(CN=C(N)Nc1ccc(C(N)=O)cc1OCC1CCCCO1)c1ccccc1.NC(=O)c1ccc(NC(N)=NCc2ccccc2)c(OCC2CCCCO2)c1. The van der Waals surface area contributed by atoms with Gasteiger partial charge in [0.15, 0.2) is 11.9 Å². The molecule has 3 unspecified atom stereocenters. The van der Waals surface area contributed by atoms with Crippen LogP contribution in [0.5, 0.6) is 11.5 Å². The van der Waals surface area contributed by atoms with Crippen molar-refractivity contribution in [2.45, 2.75) is 70.1 Å². The number of ether oxygens (including phenoxy) is 4. The van der Waals surface area contributed by atoms with E-state index in [1.165, 1.54) is 5.56 Å². The van der Waals surface area contributed by atoms with Gasteiger partial charge in [-0.2, -0.15) is 0 Å². The highest BCUT2D eigenvalue weighted by Gasteiger charge is 2.18. The Kier molecular flexibility index (Phi) is 16.7. The first-order valence-electron chi connectivity index (χ1n) is 19.7. The van der Waals surface area contributed by atoms with Gasteiger partial charge < -0.3 is 52.5 Å². The van der Waals surface area contributed by atoms with Gasteiger partial charge in [0.05, 0.1) is 30.1 Å². The van der Waals surface area contributed by atoms with Crippen molar-refractivity contribution in [3.63, 3.8) is 0 Å². The van der Waals surface area contributed by atoms with E-state index >= 15 is 0 Å². The molecule has 308 valence electrons. The Bertz CT molecular complexity index is 1970. The van der Waals surface area contributed by atoms with E-state index in [1.807, 2.05) is 48.5 Å². The normalized spacial score (nSPS) is 17.5. The van der Waals surface area contributed by atoms with E-state index in [-0.39, 0.29) is 30.0 Å². The Morgan fingerprint density at radius 1 is 0.672 bits per heavy atom. The molecule has 0 radical (unpaired) electrons. The Hall–Kier alpha value is -6.12. The van der Waals surface area contributed by atoms with E-state index in [1.54, 1.807) is 36.4 Å². The number of guanidine groups is 2. The molecule has 0 aromatic heterocycles. The Morgan fingerprint density at radius 2 is 1.16 bits per heavy atom. The van der Waals surface area contributed by atoms with Crippen molar-refractivity contribution < 1.29 is 28.5 Å². The van der Waals surface area contributed by atoms with Gasteiger partial charge in [-0.3, -0.25) is 14.6 Å². The van der Waals surface area contributed by atoms with E-state index < -0.39 is 11.8 Å². The number of nitrogens with two attached hydrogens (primary N) is 4. The second kappa shape index (κ2) is 22.6. The number of anilines is 2. The van der Waals surface area contributed by atoms with Gasteiger partial charge in [-0.15, -0.1) is 0 Å². The molecular weight excluding hydrogens is 737 g/mol. The lowest BCUT2D eigenvalue weighted by atomic mass is 10.0. The predicted octanol–water partition coefficient (Wildman–Crippen LogP) is 5.92. The van der Waals surface area contributed by atoms with Crippen LogP contribution >= 0.6 is 0 Å². The summed E-state index contributed by atoms with van der Waals surface area (Å²) in [5.74, 6) is 0.730. The first kappa shape index (κ1) is 43.0. The number of benzene rings is 4. The fraction of sp³-hybridized carbons (Fsp3) is 0.364. The predicted molar refractivity (Wildman–Crippen MR) is 228 cm³/mol. The van der Waals surface area contributed by atoms with Gasteiger partial charge in [0.2, 0.25) is 11.8 Å². The molecule has 14 heteroatoms. The maximum atomic E-state index is 11.6. The standard InChI is InChI=1S/C23H30N4O3.C21H26N4O3/c1-16(17-7-3-2-4-8-17)14-26-23(25)27-20-11-10-18(22(24)28)13-21(20)30-15-19-9-5-6-12-29-19;22-20(26)16-9-10-18(19(12-16)28-14-17-8-4-5-11-27-17)25-21(23)24-13-15-6-2-1-3-7-15/h2-4,7-8,10-11,13,16,19H,5-6,9,12,14-15H2,1H3,(H2,24,28)(H3,25,26,27);1-3,6-7,9-10,12,17H,4-5,8,11,13-14H2,(H2,22,26)(H3,23,24,25). The molecule has 4 aromatic carbocycles. The number of nitrogens with zero attached hydrogens (tertiary/aromatic N) is 2. The summed E-state index contributed by atoms with van der Waals surface area (Å²) in [5.41, 5.74) is 27.2. The van der Waals surface area contributed by atoms with Crippen molar-refractivity contribution in [3.05, 3.63) is 119 Å². The molecule has 0 saturated carbocycles. The van der Waals surface area contributed by atoms with Crippen LogP contribution < -0.4 is 43.0 Å². The zero-order valence-corrected chi connectivity index (χ0v) is 33.1. The Morgan fingerprint density at radius 3 is 1.62 bits per heavy atom. The third-order valence-electron chi connectivity index (χ3n) is 9.63. The lowest BCUT2D eigenvalue weighted by Crippen LogP contribution is -2.27. The van der Waals surface area contributed by atoms with Crippen molar-refractivity contribution in [3.8, 4) is 11.5 Å². The van der Waals surface area contributed by atoms with Gasteiger partial charge in [0.1, 0.15) is 24.7 Å². The number of aliphatic imine (C=N–C) groups is 2. The van der Waals surface area contributed by atoms with Crippen LogP contribution in [0.1, 0.15) is 83.2 Å². The zero-order chi connectivity index (χ0) is 41.1. The van der Waals surface area contributed by atoms with Gasteiger partial charge >= 0.3 is 0 Å². The van der Waals surface area contributed by atoms with Gasteiger partial charge in [-0.05, 0) is 86.1 Å². The minimum Gasteiger partial charge on any atom is -0.489 e. The second-order valence-corrected chi connectivity index (χ2v) is 14.2. The first-order valence-corrected chi connectivity index (χ1v) is 19.7. The van der Waals surface area contributed by atoms with E-state index in [2.05, 4.69) is 39.7 Å². The molecule has 2 saturated heterocycles. The van der Waals surface area contributed by atoms with Gasteiger partial charge in [0.25, 0.3) is 0 Å². The molecular formula is C44H56N8O6. The number of amides is 2. The van der Waals surface area contributed by atoms with E-state index in [0.29, 0.717) is 60.3 Å². The molecule has 2 amide bonds. The summed E-state index contributed by atoms with van der Waals surface area (Å²) in [6, 6.07) is 29.9. The number of nitrogens with one attached hydrogen (secondary N) is 2. The highest BCUT2D eigenvalue weighted by molar-refractivity contribution is 5.98. The number of hydrogen-bond acceptors (Lipinski definition) is 8. The number of hydrogen-bond donors (Lipinski definition) is 6. The fourth-order valence-electron chi connectivity index (χ4n) is 6.28. The fourth-order valence-corrected chi connectivity index (χ4v) is 6.28. The molecule has 4 aromatic rings. The Balaban J connectivity index is 0.000000221. The summed E-state index contributed by atoms with van der Waals surface area (Å²) >= 11 is 0. The molecule has 2 aliphatic rings. The smallest absolute Gasteiger partial charge is 0.248 e. The lowest BCUT2D eigenvalue weighted by molar-refractivity contribution is -0.0109. The van der Waals surface area contributed by atoms with Gasteiger partial charge in [0, 0.05) is 36.8 Å². The molecule has 0 bridgehead atoms. The first-order chi connectivity index (χ1) is 28.1. The summed E-state index contributed by atoms with van der Waals surface area (Å²) in [7, 11) is 0. The molecule has 0 aliphatic carbocycles. The summed E-state index contributed by atoms with van der Waals surface area (Å²) in [5, 5.41) is 6.13. The van der Waals surface area contributed by atoms with Crippen LogP contribution in [-0.4, -0.2) is 68.9 Å². The van der Waals surface area contributed by atoms with Crippen LogP contribution in [-0.2, 0) is 16.0 Å². The lowest BCUT2D eigenvalue weighted by Gasteiger charge is -2.23. The molecule has 10 N–H and O–H groups in total. The summed E-state index contributed by atoms with van der Waals surface area (Å²) < 4.78 is 23.3. The number of carbonyl (C=O) groups is 2. The maximum absolute atomic E-state index is 11.6. The average molecular weight is 793 g/mol. The minimum atomic E-state index is -0.518. The van der Waals surface area contributed by atoms with Crippen LogP contribution in [0.15, 0.2) is 107 Å². The summed E-state index contributed by atoms with van der Waals surface area (Å²) in [6.45, 7) is 5.42. The van der Waals surface area contributed by atoms with Crippen molar-refractivity contribution in [2.24, 2.45) is 32.9 Å². The van der Waals surface area contributed by atoms with Crippen LogP contribution in [0.2, 0.25) is 0 Å². The topological polar surface area (TPSA) is 224 Å². The zero-order valence-electron chi connectivity index (χ0n) is 33.1. The monoisotopic (exact) mass is 792 g/mol. The molecule has 2 heterocycles. The largest absolute Gasteiger partial charge is 0.489 e. The average Bonchev–Trinajstić information content (AvgIpc) is 3.25. The van der Waals surface area contributed by atoms with E-state index in [4.69, 9.17) is 41.9 Å². The molecule has 0 spiro atoms. The van der Waals surface area contributed by atoms with Crippen LogP contribution in [0.3, 0.4) is 0 Å². The molecule has 2 fully saturated rings. The molecule has 58 heavy (non-hydrogen) atoms. The third kappa shape index (κ3) is 14.1. The number of rotatable bonds is 15. The molecule has 3 atom stereocenters. The van der Waals surface area contributed by atoms with Crippen molar-refractivity contribution in [1.82, 2.24) is 0 Å². The second-order valence-electron chi connectivity index (χ2n) is 14.2. The highest BCUT2D eigenvalue weighted by Crippen LogP contribution is 2.28. The van der Waals surface area contributed by atoms with Crippen molar-refractivity contribution >= 4 is 35.1 Å². The minimum absolute atomic E-state index is 0.0431. The molecule has 2 aliphatic heterocycles. The van der Waals surface area contributed by atoms with Crippen LogP contribution in [0.4, 0.5) is 11.4 Å². The summed E-state index contributed by atoms with van der Waals surface area (Å²) in [4.78, 5) is 31.9. The van der Waals surface area contributed by atoms with Gasteiger partial charge in [-0.1, -0.05) is 67.6 Å². The number of carbonyl (C=O) groups excluding carboxylic acids is 2.